The minimum atomic E-state index is -6.65. The summed E-state index contributed by atoms with van der Waals surface area (Å²) in [5.74, 6) is -2.80. The number of hydrogen-bond donors (Lipinski definition) is 1. The van der Waals surface area contributed by atoms with Gasteiger partial charge in [0, 0.05) is 25.9 Å². The molecule has 0 aromatic carbocycles. The van der Waals surface area contributed by atoms with E-state index >= 15 is 0 Å². The maximum atomic E-state index is 13.6. The van der Waals surface area contributed by atoms with E-state index in [9.17, 15) is 48.4 Å². The average Bonchev–Trinajstić information content (AvgIpc) is 2.36. The molecule has 1 aliphatic heterocycles. The predicted molar refractivity (Wildman–Crippen MR) is 62.8 cm³/mol. The van der Waals surface area contributed by atoms with Crippen LogP contribution in [0, 0.1) is 0 Å². The Hall–Kier alpha value is -1.35. The predicted octanol–water partition coefficient (Wildman–Crippen LogP) is -0.460. The van der Waals surface area contributed by atoms with Gasteiger partial charge in [-0.2, -0.15) is 22.0 Å². The zero-order valence-corrected chi connectivity index (χ0v) is 12.6. The van der Waals surface area contributed by atoms with Crippen molar-refractivity contribution in [3.05, 3.63) is 0 Å². The van der Waals surface area contributed by atoms with E-state index in [-0.39, 0.29) is 27.7 Å². The number of carbonyl (C=O) groups is 2. The van der Waals surface area contributed by atoms with Crippen LogP contribution in [0.25, 0.3) is 0 Å². The van der Waals surface area contributed by atoms with Gasteiger partial charge in [0.15, 0.2) is 0 Å². The second kappa shape index (κ2) is 5.94. The number of carbonyl (C=O) groups excluding carboxylic acids is 2. The number of alkyl halides is 5. The fraction of sp³-hybridized carbons (Fsp3) is 0.750. The molecule has 0 bridgehead atoms. The van der Waals surface area contributed by atoms with Crippen molar-refractivity contribution < 1.29 is 48.4 Å². The third kappa shape index (κ3) is 3.95. The highest BCUT2D eigenvalue weighted by Gasteiger charge is 2.59. The highest BCUT2D eigenvalue weighted by atomic mass is 32.3. The second-order valence-electron chi connectivity index (χ2n) is 4.38. The summed E-state index contributed by atoms with van der Waals surface area (Å²) < 4.78 is 107. The zero-order chi connectivity index (χ0) is 18.3. The second-order valence-corrected chi connectivity index (χ2v) is 8.04. The van der Waals surface area contributed by atoms with Gasteiger partial charge in [-0.1, -0.05) is 4.13 Å². The van der Waals surface area contributed by atoms with E-state index in [1.807, 2.05) is 0 Å². The van der Waals surface area contributed by atoms with E-state index < -0.39 is 49.8 Å². The molecule has 1 rings (SSSR count). The molecule has 134 valence electrons. The van der Waals surface area contributed by atoms with Crippen LogP contribution in [0.1, 0.15) is 12.8 Å². The van der Waals surface area contributed by atoms with Crippen molar-refractivity contribution >= 4 is 31.7 Å². The summed E-state index contributed by atoms with van der Waals surface area (Å²) in [7, 11) is -13.2. The standard InChI is InChI=1S/C8H9F5N2O6S2/c9-7(10,6(17)15-3-1-5(16)2-4-15)22(18,19)14-23(20,21)8(11,12)13/h14H,1-4H2. The van der Waals surface area contributed by atoms with Gasteiger partial charge in [-0.25, -0.2) is 16.8 Å². The number of sulfonamides is 2. The van der Waals surface area contributed by atoms with Gasteiger partial charge in [0.2, 0.25) is 0 Å². The van der Waals surface area contributed by atoms with Crippen LogP contribution >= 0.6 is 0 Å². The molecule has 1 aliphatic rings. The minimum absolute atomic E-state index is 0.203. The Labute approximate surface area is 126 Å². The number of halogens is 5. The molecule has 23 heavy (non-hydrogen) atoms. The van der Waals surface area contributed by atoms with E-state index in [1.54, 1.807) is 0 Å². The number of piperidine rings is 1. The molecular formula is C8H9F5N2O6S2. The summed E-state index contributed by atoms with van der Waals surface area (Å²) in [6.45, 7) is -1.12. The fourth-order valence-electron chi connectivity index (χ4n) is 1.50. The summed E-state index contributed by atoms with van der Waals surface area (Å²) in [5, 5.41) is -5.47. The minimum Gasteiger partial charge on any atom is -0.336 e. The summed E-state index contributed by atoms with van der Waals surface area (Å²) in [6.07, 6.45) is -0.674. The van der Waals surface area contributed by atoms with Crippen molar-refractivity contribution in [1.82, 2.24) is 9.03 Å². The molecule has 1 N–H and O–H groups in total. The van der Waals surface area contributed by atoms with Gasteiger partial charge in [0.25, 0.3) is 0 Å². The molecule has 1 saturated heterocycles. The highest BCUT2D eigenvalue weighted by molar-refractivity contribution is 8.05. The molecule has 0 saturated carbocycles. The molecule has 0 aromatic heterocycles. The van der Waals surface area contributed by atoms with E-state index in [1.165, 1.54) is 0 Å². The summed E-state index contributed by atoms with van der Waals surface area (Å²) in [6, 6.07) is 0. The van der Waals surface area contributed by atoms with Crippen LogP contribution in [0.2, 0.25) is 0 Å². The lowest BCUT2D eigenvalue weighted by molar-refractivity contribution is -0.148. The first kappa shape index (κ1) is 19.7. The average molecular weight is 388 g/mol. The van der Waals surface area contributed by atoms with Crippen molar-refractivity contribution in [2.45, 2.75) is 23.6 Å². The first-order chi connectivity index (χ1) is 10.1. The molecule has 8 nitrogen and oxygen atoms in total. The maximum absolute atomic E-state index is 13.6. The molecule has 0 aromatic rings. The molecule has 0 spiro atoms. The van der Waals surface area contributed by atoms with Gasteiger partial charge >= 0.3 is 36.7 Å². The molecular weight excluding hydrogens is 379 g/mol. The van der Waals surface area contributed by atoms with Crippen LogP contribution in [0.4, 0.5) is 22.0 Å². The lowest BCUT2D eigenvalue weighted by Gasteiger charge is -2.29. The van der Waals surface area contributed by atoms with Gasteiger partial charge in [-0.05, 0) is 0 Å². The Morgan fingerprint density at radius 3 is 1.78 bits per heavy atom. The molecule has 1 fully saturated rings. The monoisotopic (exact) mass is 388 g/mol. The topological polar surface area (TPSA) is 118 Å². The van der Waals surface area contributed by atoms with E-state index in [4.69, 9.17) is 0 Å². The molecule has 0 unspecified atom stereocenters. The maximum Gasteiger partial charge on any atom is 0.512 e. The van der Waals surface area contributed by atoms with E-state index in [0.717, 1.165) is 0 Å². The number of rotatable bonds is 4. The largest absolute Gasteiger partial charge is 0.512 e. The number of amides is 1. The third-order valence-corrected chi connectivity index (χ3v) is 5.93. The highest BCUT2D eigenvalue weighted by Crippen LogP contribution is 2.29. The summed E-state index contributed by atoms with van der Waals surface area (Å²) >= 11 is 0. The Kier molecular flexibility index (Phi) is 5.08. The number of likely N-dealkylation sites (tertiary alicyclic amines) is 1. The molecule has 1 amide bonds. The van der Waals surface area contributed by atoms with Crippen molar-refractivity contribution in [2.24, 2.45) is 0 Å². The van der Waals surface area contributed by atoms with Crippen molar-refractivity contribution in [3.63, 3.8) is 0 Å². The van der Waals surface area contributed by atoms with Crippen LogP contribution in [-0.2, 0) is 29.6 Å². The van der Waals surface area contributed by atoms with Crippen molar-refractivity contribution in [2.75, 3.05) is 13.1 Å². The fourth-order valence-corrected chi connectivity index (χ4v) is 3.81. The third-order valence-electron chi connectivity index (χ3n) is 2.72. The smallest absolute Gasteiger partial charge is 0.336 e. The van der Waals surface area contributed by atoms with Gasteiger partial charge in [0.05, 0.1) is 0 Å². The van der Waals surface area contributed by atoms with E-state index in [0.29, 0.717) is 0 Å². The number of ketones is 1. The molecule has 15 heteroatoms. The first-order valence-corrected chi connectivity index (χ1v) is 8.62. The van der Waals surface area contributed by atoms with Crippen LogP contribution in [0.3, 0.4) is 0 Å². The number of Topliss-reactive ketones (excluding diaryl/α,β-unsaturated/α-hetero) is 1. The van der Waals surface area contributed by atoms with Crippen molar-refractivity contribution in [3.8, 4) is 0 Å². The van der Waals surface area contributed by atoms with Gasteiger partial charge in [-0.15, -0.1) is 0 Å². The van der Waals surface area contributed by atoms with Gasteiger partial charge in [0.1, 0.15) is 5.78 Å². The lowest BCUT2D eigenvalue weighted by atomic mass is 10.1. The molecule has 0 radical (unpaired) electrons. The zero-order valence-electron chi connectivity index (χ0n) is 10.9. The Morgan fingerprint density at radius 2 is 1.39 bits per heavy atom. The number of hydrogen-bond acceptors (Lipinski definition) is 6. The quantitative estimate of drug-likeness (QED) is 0.652. The lowest BCUT2D eigenvalue weighted by Crippen LogP contribution is -2.56. The summed E-state index contributed by atoms with van der Waals surface area (Å²) in [5.41, 5.74) is -6.17. The van der Waals surface area contributed by atoms with Crippen LogP contribution < -0.4 is 4.13 Å². The number of nitrogens with zero attached hydrogens (tertiary/aromatic N) is 1. The SMILES string of the molecule is O=C1CCN(C(=O)C(F)(F)S(=O)(=O)NS(=O)(=O)C(F)(F)F)CC1. The van der Waals surface area contributed by atoms with Crippen molar-refractivity contribution in [1.29, 1.82) is 0 Å². The molecule has 0 aliphatic carbocycles. The Morgan fingerprint density at radius 1 is 0.957 bits per heavy atom. The number of nitrogens with one attached hydrogen (secondary N) is 1. The van der Waals surface area contributed by atoms with Crippen LogP contribution in [0.5, 0.6) is 0 Å². The molecule has 0 atom stereocenters. The summed E-state index contributed by atoms with van der Waals surface area (Å²) in [4.78, 5) is 22.6. The Bertz CT molecular complexity index is 704. The van der Waals surface area contributed by atoms with Gasteiger partial charge < -0.3 is 4.90 Å². The Balaban J connectivity index is 3.06. The van der Waals surface area contributed by atoms with E-state index in [2.05, 4.69) is 0 Å². The van der Waals surface area contributed by atoms with Gasteiger partial charge in [-0.3, -0.25) is 9.59 Å². The van der Waals surface area contributed by atoms with Crippen LogP contribution in [-0.4, -0.2) is 57.3 Å². The van der Waals surface area contributed by atoms with Crippen LogP contribution in [0.15, 0.2) is 0 Å². The first-order valence-electron chi connectivity index (χ1n) is 5.65. The normalized spacial score (nSPS) is 18.1. The molecule has 1 heterocycles.